The number of para-hydroxylation sites is 1. The first-order chi connectivity index (χ1) is 7.98. The first kappa shape index (κ1) is 11.7. The van der Waals surface area contributed by atoms with Crippen molar-refractivity contribution in [2.24, 2.45) is 0 Å². The summed E-state index contributed by atoms with van der Waals surface area (Å²) in [6.45, 7) is 0. The van der Waals surface area contributed by atoms with Gasteiger partial charge in [-0.1, -0.05) is 30.3 Å². The Morgan fingerprint density at radius 2 is 1.65 bits per heavy atom. The van der Waals surface area contributed by atoms with Gasteiger partial charge in [-0.2, -0.15) is 0 Å². The van der Waals surface area contributed by atoms with Crippen LogP contribution in [0.5, 0.6) is 5.75 Å². The summed E-state index contributed by atoms with van der Waals surface area (Å²) in [6, 6.07) is 13.9. The van der Waals surface area contributed by atoms with E-state index in [0.717, 1.165) is 11.1 Å². The van der Waals surface area contributed by atoms with Crippen molar-refractivity contribution in [3.63, 3.8) is 0 Å². The zero-order chi connectivity index (χ0) is 12.5. The van der Waals surface area contributed by atoms with Crippen LogP contribution in [0.3, 0.4) is 0 Å². The van der Waals surface area contributed by atoms with Crippen LogP contribution >= 0.6 is 0 Å². The van der Waals surface area contributed by atoms with Crippen LogP contribution in [0.2, 0.25) is 0 Å². The number of hydrogen-bond acceptors (Lipinski definition) is 3. The second kappa shape index (κ2) is 4.22. The minimum Gasteiger partial charge on any atom is -0.507 e. The highest BCUT2D eigenvalue weighted by molar-refractivity contribution is 7.91. The van der Waals surface area contributed by atoms with Crippen molar-refractivity contribution in [1.29, 1.82) is 4.78 Å². The maximum absolute atomic E-state index is 11.5. The highest BCUT2D eigenvalue weighted by atomic mass is 32.2. The van der Waals surface area contributed by atoms with E-state index >= 15 is 0 Å². The van der Waals surface area contributed by atoms with E-state index in [1.807, 2.05) is 12.1 Å². The summed E-state index contributed by atoms with van der Waals surface area (Å²) < 4.78 is 19.0. The van der Waals surface area contributed by atoms with E-state index in [1.165, 1.54) is 6.26 Å². The highest BCUT2D eigenvalue weighted by Crippen LogP contribution is 2.29. The monoisotopic (exact) mass is 247 g/mol. The highest BCUT2D eigenvalue weighted by Gasteiger charge is 2.06. The first-order valence-electron chi connectivity index (χ1n) is 5.11. The maximum Gasteiger partial charge on any atom is 0.123 e. The Bertz CT molecular complexity index is 631. The smallest absolute Gasteiger partial charge is 0.123 e. The van der Waals surface area contributed by atoms with Gasteiger partial charge in [0, 0.05) is 16.7 Å². The van der Waals surface area contributed by atoms with Crippen LogP contribution in [0.4, 0.5) is 0 Å². The normalized spacial score (nSPS) is 14.2. The first-order valence-corrected chi connectivity index (χ1v) is 7.07. The molecule has 0 aliphatic heterocycles. The molecule has 2 rings (SSSR count). The van der Waals surface area contributed by atoms with Crippen molar-refractivity contribution < 1.29 is 9.32 Å². The van der Waals surface area contributed by atoms with Crippen LogP contribution in [0, 0.1) is 4.78 Å². The molecule has 3 nitrogen and oxygen atoms in total. The average molecular weight is 247 g/mol. The zero-order valence-electron chi connectivity index (χ0n) is 9.38. The molecule has 2 aromatic carbocycles. The molecule has 2 aromatic rings. The standard InChI is InChI=1S/C13H13NO2S/c1-17(14,16)11-8-6-10(7-9-11)12-4-2-3-5-13(12)15/h2-9,14-15H,1H3/t17-/m1/s1. The Labute approximate surface area is 101 Å². The molecule has 17 heavy (non-hydrogen) atoms. The van der Waals surface area contributed by atoms with E-state index in [9.17, 15) is 9.32 Å². The lowest BCUT2D eigenvalue weighted by atomic mass is 10.1. The van der Waals surface area contributed by atoms with Gasteiger partial charge in [0.05, 0.1) is 9.73 Å². The molecule has 0 radical (unpaired) electrons. The fraction of sp³-hybridized carbons (Fsp3) is 0.0769. The Morgan fingerprint density at radius 1 is 1.06 bits per heavy atom. The van der Waals surface area contributed by atoms with E-state index in [2.05, 4.69) is 0 Å². The third-order valence-corrected chi connectivity index (χ3v) is 3.69. The summed E-state index contributed by atoms with van der Waals surface area (Å²) in [6.07, 6.45) is 1.39. The third-order valence-electron chi connectivity index (χ3n) is 2.52. The molecule has 0 aliphatic carbocycles. The van der Waals surface area contributed by atoms with Gasteiger partial charge in [-0.15, -0.1) is 0 Å². The van der Waals surface area contributed by atoms with Crippen molar-refractivity contribution >= 4 is 9.73 Å². The molecule has 2 N–H and O–H groups in total. The van der Waals surface area contributed by atoms with Gasteiger partial charge in [0.2, 0.25) is 0 Å². The minimum atomic E-state index is -2.67. The van der Waals surface area contributed by atoms with Crippen LogP contribution in [0.25, 0.3) is 11.1 Å². The zero-order valence-corrected chi connectivity index (χ0v) is 10.2. The van der Waals surface area contributed by atoms with Crippen LogP contribution in [-0.2, 0) is 9.73 Å². The molecular weight excluding hydrogens is 234 g/mol. The topological polar surface area (TPSA) is 61.2 Å². The lowest BCUT2D eigenvalue weighted by Crippen LogP contribution is -1.94. The molecule has 0 unspecified atom stereocenters. The van der Waals surface area contributed by atoms with E-state index in [-0.39, 0.29) is 5.75 Å². The lowest BCUT2D eigenvalue weighted by molar-refractivity contribution is 0.477. The Hall–Kier alpha value is -1.81. The van der Waals surface area contributed by atoms with Crippen LogP contribution < -0.4 is 0 Å². The molecule has 0 heterocycles. The fourth-order valence-corrected chi connectivity index (χ4v) is 2.27. The number of phenolic OH excluding ortho intramolecular Hbond substituents is 1. The van der Waals surface area contributed by atoms with Gasteiger partial charge in [-0.3, -0.25) is 0 Å². The molecule has 0 saturated carbocycles. The fourth-order valence-electron chi connectivity index (χ4n) is 1.61. The molecule has 0 aromatic heterocycles. The Kier molecular flexibility index (Phi) is 2.90. The molecule has 4 heteroatoms. The molecule has 0 fully saturated rings. The SMILES string of the molecule is C[S@@](=N)(=O)c1ccc(-c2ccccc2O)cc1. The summed E-state index contributed by atoms with van der Waals surface area (Å²) in [5.41, 5.74) is 1.57. The van der Waals surface area contributed by atoms with Gasteiger partial charge in [-0.25, -0.2) is 8.99 Å². The van der Waals surface area contributed by atoms with Crippen LogP contribution in [-0.4, -0.2) is 15.6 Å². The molecule has 88 valence electrons. The van der Waals surface area contributed by atoms with Gasteiger partial charge in [0.15, 0.2) is 0 Å². The van der Waals surface area contributed by atoms with Gasteiger partial charge in [0.1, 0.15) is 5.75 Å². The molecule has 1 atom stereocenters. The number of rotatable bonds is 2. The number of phenols is 1. The third kappa shape index (κ3) is 2.47. The maximum atomic E-state index is 11.5. The van der Waals surface area contributed by atoms with Gasteiger partial charge in [0.25, 0.3) is 0 Å². The largest absolute Gasteiger partial charge is 0.507 e. The molecule has 0 saturated heterocycles. The number of nitrogens with one attached hydrogen (secondary N) is 1. The quantitative estimate of drug-likeness (QED) is 0.856. The summed E-state index contributed by atoms with van der Waals surface area (Å²) in [5, 5.41) is 9.70. The van der Waals surface area contributed by atoms with E-state index in [4.69, 9.17) is 4.78 Å². The Balaban J connectivity index is 2.47. The number of hydrogen-bond donors (Lipinski definition) is 2. The summed E-state index contributed by atoms with van der Waals surface area (Å²) in [4.78, 5) is 0.497. The van der Waals surface area contributed by atoms with Crippen LogP contribution in [0.1, 0.15) is 0 Å². The number of benzene rings is 2. The number of aromatic hydroxyl groups is 1. The van der Waals surface area contributed by atoms with E-state index in [0.29, 0.717) is 4.90 Å². The van der Waals surface area contributed by atoms with Crippen molar-refractivity contribution in [1.82, 2.24) is 0 Å². The van der Waals surface area contributed by atoms with Gasteiger partial charge in [-0.05, 0) is 23.8 Å². The van der Waals surface area contributed by atoms with Crippen molar-refractivity contribution in [2.45, 2.75) is 4.90 Å². The summed E-state index contributed by atoms with van der Waals surface area (Å²) in [7, 11) is -2.67. The Morgan fingerprint density at radius 3 is 2.18 bits per heavy atom. The van der Waals surface area contributed by atoms with E-state index < -0.39 is 9.73 Å². The lowest BCUT2D eigenvalue weighted by Gasteiger charge is -2.06. The van der Waals surface area contributed by atoms with E-state index in [1.54, 1.807) is 36.4 Å². The average Bonchev–Trinajstić information content (AvgIpc) is 2.29. The molecular formula is C13H13NO2S. The van der Waals surface area contributed by atoms with Crippen molar-refractivity contribution in [3.8, 4) is 16.9 Å². The summed E-state index contributed by atoms with van der Waals surface area (Å²) in [5.74, 6) is 0.211. The molecule has 0 bridgehead atoms. The predicted octanol–water partition coefficient (Wildman–Crippen LogP) is 3.09. The van der Waals surface area contributed by atoms with Gasteiger partial charge < -0.3 is 5.11 Å². The minimum absolute atomic E-state index is 0.211. The summed E-state index contributed by atoms with van der Waals surface area (Å²) >= 11 is 0. The van der Waals surface area contributed by atoms with Crippen molar-refractivity contribution in [3.05, 3.63) is 48.5 Å². The van der Waals surface area contributed by atoms with Gasteiger partial charge >= 0.3 is 0 Å². The molecule has 0 aliphatic rings. The second-order valence-electron chi connectivity index (χ2n) is 3.89. The molecule has 0 spiro atoms. The second-order valence-corrected chi connectivity index (χ2v) is 6.04. The van der Waals surface area contributed by atoms with Crippen molar-refractivity contribution in [2.75, 3.05) is 6.26 Å². The van der Waals surface area contributed by atoms with Crippen LogP contribution in [0.15, 0.2) is 53.4 Å². The molecule has 0 amide bonds. The predicted molar refractivity (Wildman–Crippen MR) is 68.6 cm³/mol.